The van der Waals surface area contributed by atoms with Crippen molar-refractivity contribution >= 4 is 178 Å². The van der Waals surface area contributed by atoms with Gasteiger partial charge in [0.15, 0.2) is 0 Å². The molecule has 0 aliphatic heterocycles. The lowest BCUT2D eigenvalue weighted by atomic mass is 9.72. The Labute approximate surface area is 836 Å². The van der Waals surface area contributed by atoms with Gasteiger partial charge in [-0.1, -0.05) is 169 Å². The van der Waals surface area contributed by atoms with E-state index in [4.69, 9.17) is 51.4 Å². The lowest BCUT2D eigenvalue weighted by molar-refractivity contribution is -0.121. The summed E-state index contributed by atoms with van der Waals surface area (Å²) in [6.07, 6.45) is 24.0. The van der Waals surface area contributed by atoms with Crippen LogP contribution in [0.2, 0.25) is 20.1 Å². The number of aliphatic hydroxyl groups is 2. The number of hydrogen-bond donors (Lipinski definition) is 8. The summed E-state index contributed by atoms with van der Waals surface area (Å²) in [7, 11) is 0. The number of carbonyl (C=O) groups is 5. The fourth-order valence-corrected chi connectivity index (χ4v) is 19.8. The maximum atomic E-state index is 13.6. The van der Waals surface area contributed by atoms with Crippen LogP contribution in [0.1, 0.15) is 338 Å². The first kappa shape index (κ1) is 103. The highest BCUT2D eigenvalue weighted by molar-refractivity contribution is 6.32. The summed E-state index contributed by atoms with van der Waals surface area (Å²) in [6.45, 7) is 38.6. The van der Waals surface area contributed by atoms with Crippen LogP contribution in [0.5, 0.6) is 0 Å². The first-order chi connectivity index (χ1) is 65.8. The van der Waals surface area contributed by atoms with E-state index in [2.05, 4.69) is 174 Å². The molecule has 6 aromatic carbocycles. The van der Waals surface area contributed by atoms with E-state index >= 15 is 0 Å². The predicted molar refractivity (Wildman–Crippen MR) is 562 cm³/mol. The van der Waals surface area contributed by atoms with Crippen LogP contribution < -0.4 is 31.9 Å². The average Bonchev–Trinajstić information content (AvgIpc) is 1.60. The largest absolute Gasteiger partial charge is 0.389 e. The third kappa shape index (κ3) is 24.7. The first-order valence-electron chi connectivity index (χ1n) is 50.6. The summed E-state index contributed by atoms with van der Waals surface area (Å²) < 4.78 is 26.6. The summed E-state index contributed by atoms with van der Waals surface area (Å²) in [5.74, 6) is 5.20. The standard InChI is InChI=1S/C20H29N3O2.C19H27N3O2.C18H21ClFN3O.C18H22ClN3.2C17H22ClN3O/c1-5-18(24)14-9-10-16-17(11-14)23(15-7-6-8-15)20(21-16)22-19(25)13(4)12(2)3;1-12(23)13-8-9-15-16(10-13)22(14-6-5-7-14)18(20-15)21-17(24)11-19(2,3)4;1-18(20)9-11(10-18)7-16(24)22-17-21-14-6-5-12(19)8-15(14)23(17)13-3-2-4-13;1-11(14-10-18(14,2)3)20-17-21-15-8-7-12(19)9-16(15)22(17)13-5-4-6-13;1-17(2,3)10-15(22)20-16-19-13-8-7-11(18)9-14(13)21(16)12-5-4-6-12;1-10(2)11(3)16(22)20-17-19-14-8-7-12(18)9-15(14)21(17)13-5-4-6-13/h9-13,15,18,24H,5-8H2,1-4H3,(H,21,22,25);8-10,12,14,23H,5-7,11H2,1-4H3,(H,20,21,24);5-6,8,11,13H,2-4,7,9-10H2,1H3,(H,21,22,24);7-9,13-14H,1,4-6,10H2,2-3H3,(H,20,21);7-9,12H,4-6,10H2,1-3H3,(H,19,20,22);7-11,13H,4-6H2,1-3H3,(H,19,20,22)/t13-,18?;;;14-;;11-/m0..1.0/s1. The van der Waals surface area contributed by atoms with Crippen molar-refractivity contribution in [1.82, 2.24) is 57.3 Å². The van der Waals surface area contributed by atoms with Crippen LogP contribution in [0.3, 0.4) is 0 Å². The number of anilines is 6. The monoisotopic (exact) mass is 1980 g/mol. The van der Waals surface area contributed by atoms with E-state index < -0.39 is 17.9 Å². The molecule has 8 fully saturated rings. The Kier molecular flexibility index (Phi) is 32.0. The summed E-state index contributed by atoms with van der Waals surface area (Å²) in [4.78, 5) is 89.8. The lowest BCUT2D eigenvalue weighted by Gasteiger charge is -2.38. The van der Waals surface area contributed by atoms with E-state index in [1.807, 2.05) is 130 Å². The number of fused-ring (bicyclic) bond motifs is 6. The molecule has 25 nitrogen and oxygen atoms in total. The van der Waals surface area contributed by atoms with Gasteiger partial charge in [-0.3, -0.25) is 50.6 Å². The molecule has 6 aromatic heterocycles. The minimum absolute atomic E-state index is 0.00544. The molecule has 0 radical (unpaired) electrons. The van der Waals surface area contributed by atoms with Gasteiger partial charge >= 0.3 is 0 Å². The number of imidazole rings is 6. The first-order valence-corrected chi connectivity index (χ1v) is 52.1. The van der Waals surface area contributed by atoms with Crippen LogP contribution in [0.25, 0.3) is 66.2 Å². The molecular weight excluding hydrogens is 1830 g/mol. The smallest absolute Gasteiger partial charge is 0.229 e. The molecule has 8 saturated carbocycles. The van der Waals surface area contributed by atoms with Crippen LogP contribution in [0.15, 0.2) is 121 Å². The number of amides is 5. The molecule has 6 heterocycles. The Hall–Kier alpha value is -9.96. The van der Waals surface area contributed by atoms with Gasteiger partial charge in [0.05, 0.1) is 78.4 Å². The number of aromatic nitrogens is 12. The third-order valence-corrected chi connectivity index (χ3v) is 30.4. The van der Waals surface area contributed by atoms with Crippen LogP contribution in [-0.2, 0) is 24.0 Å². The van der Waals surface area contributed by atoms with Crippen molar-refractivity contribution in [3.05, 3.63) is 153 Å². The third-order valence-electron chi connectivity index (χ3n) is 29.5. The van der Waals surface area contributed by atoms with Crippen LogP contribution in [-0.4, -0.2) is 103 Å². The molecular formula is C109H143Cl4FN18O7. The van der Waals surface area contributed by atoms with Crippen molar-refractivity contribution < 1.29 is 38.6 Å². The highest BCUT2D eigenvalue weighted by atomic mass is 35.5. The quantitative estimate of drug-likeness (QED) is 0.0264. The average molecular weight is 1980 g/mol. The lowest BCUT2D eigenvalue weighted by Crippen LogP contribution is -2.38. The maximum absolute atomic E-state index is 13.6. The Bertz CT molecular complexity index is 6360. The van der Waals surface area contributed by atoms with Gasteiger partial charge in [-0.15, -0.1) is 0 Å². The van der Waals surface area contributed by atoms with E-state index in [-0.39, 0.29) is 64.0 Å². The second kappa shape index (κ2) is 43.1. The number of rotatable bonds is 25. The SMILES string of the molecule is C=C(Nc1nc2ccc(Cl)cc2n1C1CCC1)[C@H]1CC1(C)C.CC(C)(C)CC(=O)Nc1nc2ccc(Cl)cc2n1C1CCC1.CC(C)[C@H](C)C(=O)Nc1nc2ccc(Cl)cc2n1C1CCC1.CC(O)c1ccc2nc(NC(=O)CC(C)(C)C)n(C3CCC3)c2c1.CC1(F)CC(CC(=O)Nc2nc3ccc(Cl)cc3n2C2CCC2)C1.CCC(O)c1ccc2nc(NC(=O)[C@@H](C)C(C)C)n(C3CCC3)c2c1. The van der Waals surface area contributed by atoms with Crippen LogP contribution in [0, 0.1) is 51.8 Å². The molecule has 139 heavy (non-hydrogen) atoms. The van der Waals surface area contributed by atoms with Gasteiger partial charge in [-0.05, 0) is 297 Å². The number of aliphatic hydroxyl groups excluding tert-OH is 2. The van der Waals surface area contributed by atoms with Crippen molar-refractivity contribution in [2.45, 2.75) is 332 Å². The maximum Gasteiger partial charge on any atom is 0.229 e. The second-order valence-electron chi connectivity index (χ2n) is 44.4. The topological polar surface area (TPSA) is 305 Å². The van der Waals surface area contributed by atoms with Crippen molar-refractivity contribution in [3.63, 3.8) is 0 Å². The zero-order valence-electron chi connectivity index (χ0n) is 84.1. The van der Waals surface area contributed by atoms with E-state index in [9.17, 15) is 38.6 Å². The summed E-state index contributed by atoms with van der Waals surface area (Å²) in [6, 6.07) is 37.1. The minimum atomic E-state index is -1.10. The molecule has 0 spiro atoms. The number of nitrogens with one attached hydrogen (secondary N) is 6. The molecule has 8 aliphatic rings. The zero-order valence-corrected chi connectivity index (χ0v) is 87.1. The van der Waals surface area contributed by atoms with E-state index in [0.717, 1.165) is 158 Å². The molecule has 5 atom stereocenters. The number of halogens is 5. The Balaban J connectivity index is 0.000000126. The molecule has 8 N–H and O–H groups in total. The number of alkyl halides is 1. The zero-order chi connectivity index (χ0) is 99.8. The molecule has 5 amide bonds. The second-order valence-corrected chi connectivity index (χ2v) is 46.2. The molecule has 8 aliphatic carbocycles. The Morgan fingerprint density at radius 2 is 0.662 bits per heavy atom. The van der Waals surface area contributed by atoms with Crippen molar-refractivity contribution in [2.75, 3.05) is 31.9 Å². The number of allylic oxidation sites excluding steroid dienone is 1. The Morgan fingerprint density at radius 1 is 0.403 bits per heavy atom. The number of benzene rings is 6. The molecule has 12 aromatic rings. The van der Waals surface area contributed by atoms with Gasteiger partial charge in [-0.25, -0.2) is 34.3 Å². The summed E-state index contributed by atoms with van der Waals surface area (Å²) in [5.41, 5.74) is 13.5. The highest BCUT2D eigenvalue weighted by Gasteiger charge is 2.48. The fraction of sp³-hybridized carbons (Fsp3) is 0.550. The Morgan fingerprint density at radius 3 is 0.914 bits per heavy atom. The van der Waals surface area contributed by atoms with E-state index in [0.29, 0.717) is 137 Å². The van der Waals surface area contributed by atoms with Gasteiger partial charge in [0.1, 0.15) is 5.67 Å². The predicted octanol–water partition coefficient (Wildman–Crippen LogP) is 28.3. The highest BCUT2D eigenvalue weighted by Crippen LogP contribution is 2.56. The molecule has 0 bridgehead atoms. The molecule has 746 valence electrons. The van der Waals surface area contributed by atoms with E-state index in [1.54, 1.807) is 13.8 Å². The minimum Gasteiger partial charge on any atom is -0.389 e. The van der Waals surface area contributed by atoms with Gasteiger partial charge in [0.25, 0.3) is 0 Å². The molecule has 20 rings (SSSR count). The van der Waals surface area contributed by atoms with Gasteiger partial charge < -0.3 is 42.9 Å². The van der Waals surface area contributed by atoms with Gasteiger partial charge in [0, 0.05) is 99.1 Å². The van der Waals surface area contributed by atoms with Crippen molar-refractivity contribution in [2.24, 2.45) is 51.8 Å². The number of nitrogens with zero attached hydrogens (tertiary/aromatic N) is 12. The normalized spacial score (nSPS) is 19.6. The molecule has 0 saturated heterocycles. The molecule has 2 unspecified atom stereocenters. The number of hydrogen-bond acceptors (Lipinski definition) is 14. The summed E-state index contributed by atoms with van der Waals surface area (Å²) >= 11 is 24.6. The van der Waals surface area contributed by atoms with Gasteiger partial charge in [0.2, 0.25) is 65.2 Å². The van der Waals surface area contributed by atoms with Crippen molar-refractivity contribution in [1.29, 1.82) is 0 Å². The van der Waals surface area contributed by atoms with Crippen molar-refractivity contribution in [3.8, 4) is 0 Å². The van der Waals surface area contributed by atoms with Crippen LogP contribution in [0.4, 0.5) is 40.1 Å². The molecule has 30 heteroatoms. The number of carbonyl (C=O) groups excluding carboxylic acids is 5. The van der Waals surface area contributed by atoms with E-state index in [1.165, 1.54) is 57.8 Å². The fourth-order valence-electron chi connectivity index (χ4n) is 19.2. The van der Waals surface area contributed by atoms with Gasteiger partial charge in [-0.2, -0.15) is 0 Å². The summed E-state index contributed by atoms with van der Waals surface area (Å²) in [5, 5.41) is 41.4. The van der Waals surface area contributed by atoms with Crippen LogP contribution >= 0.6 is 46.4 Å².